The summed E-state index contributed by atoms with van der Waals surface area (Å²) in [6, 6.07) is 14.4. The molecule has 3 rings (SSSR count). The number of aromatic nitrogens is 2. The molecule has 0 aliphatic rings. The van der Waals surface area contributed by atoms with Crippen LogP contribution >= 0.6 is 0 Å². The summed E-state index contributed by atoms with van der Waals surface area (Å²) >= 11 is 0. The van der Waals surface area contributed by atoms with E-state index in [0.717, 1.165) is 34.5 Å². The zero-order valence-electron chi connectivity index (χ0n) is 12.5. The first-order chi connectivity index (χ1) is 10.6. The first-order valence-electron chi connectivity index (χ1n) is 7.17. The summed E-state index contributed by atoms with van der Waals surface area (Å²) in [5, 5.41) is 0. The molecule has 0 fully saturated rings. The lowest BCUT2D eigenvalue weighted by molar-refractivity contribution is 0.628. The molecule has 0 aliphatic heterocycles. The van der Waals surface area contributed by atoms with E-state index in [4.69, 9.17) is 0 Å². The van der Waals surface area contributed by atoms with Gasteiger partial charge in [0, 0.05) is 6.54 Å². The molecule has 0 bridgehead atoms. The summed E-state index contributed by atoms with van der Waals surface area (Å²) in [7, 11) is 0. The van der Waals surface area contributed by atoms with E-state index in [-0.39, 0.29) is 5.82 Å². The highest BCUT2D eigenvalue weighted by Gasteiger charge is 2.07. The smallest absolute Gasteiger partial charge is 0.134 e. The van der Waals surface area contributed by atoms with E-state index in [1.165, 1.54) is 12.1 Å². The van der Waals surface area contributed by atoms with Crippen molar-refractivity contribution in [2.24, 2.45) is 0 Å². The monoisotopic (exact) mass is 292 g/mol. The van der Waals surface area contributed by atoms with Crippen molar-refractivity contribution < 1.29 is 4.39 Å². The number of benzene rings is 2. The van der Waals surface area contributed by atoms with Crippen LogP contribution in [0.3, 0.4) is 0 Å². The summed E-state index contributed by atoms with van der Waals surface area (Å²) in [4.78, 5) is 4.66. The number of fused-ring (bicyclic) bond motifs is 1. The Kier molecular flexibility index (Phi) is 3.88. The highest BCUT2D eigenvalue weighted by atomic mass is 19.1. The van der Waals surface area contributed by atoms with Crippen molar-refractivity contribution in [1.29, 1.82) is 0 Å². The van der Waals surface area contributed by atoms with Crippen molar-refractivity contribution >= 4 is 23.2 Å². The van der Waals surface area contributed by atoms with Gasteiger partial charge in [0.2, 0.25) is 0 Å². The quantitative estimate of drug-likeness (QED) is 0.624. The van der Waals surface area contributed by atoms with Crippen LogP contribution in [0.25, 0.3) is 23.2 Å². The van der Waals surface area contributed by atoms with Crippen molar-refractivity contribution in [3.63, 3.8) is 0 Å². The number of rotatable bonds is 4. The maximum Gasteiger partial charge on any atom is 0.134 e. The highest BCUT2D eigenvalue weighted by molar-refractivity contribution is 5.80. The summed E-state index contributed by atoms with van der Waals surface area (Å²) in [5.41, 5.74) is 4.06. The fourth-order valence-electron chi connectivity index (χ4n) is 2.40. The Bertz CT molecular complexity index is 842. The molecule has 0 saturated carbocycles. The highest BCUT2D eigenvalue weighted by Crippen LogP contribution is 2.19. The molecule has 0 amide bonds. The second-order valence-electron chi connectivity index (χ2n) is 5.39. The largest absolute Gasteiger partial charge is 0.320 e. The fraction of sp³-hybridized carbons (Fsp3) is 0.105. The van der Waals surface area contributed by atoms with E-state index in [2.05, 4.69) is 22.2 Å². The maximum atomic E-state index is 12.9. The first kappa shape index (κ1) is 14.3. The predicted molar refractivity (Wildman–Crippen MR) is 89.9 cm³/mol. The predicted octanol–water partition coefficient (Wildman–Crippen LogP) is 4.92. The Hall–Kier alpha value is -2.68. The van der Waals surface area contributed by atoms with Crippen LogP contribution in [0.4, 0.5) is 4.39 Å². The zero-order valence-corrected chi connectivity index (χ0v) is 12.5. The van der Waals surface area contributed by atoms with Crippen LogP contribution < -0.4 is 0 Å². The molecular weight excluding hydrogens is 275 g/mol. The maximum absolute atomic E-state index is 12.9. The normalized spacial score (nSPS) is 11.4. The molecule has 0 saturated heterocycles. The molecular formula is C19H17FN2. The lowest BCUT2D eigenvalue weighted by atomic mass is 10.2. The molecule has 2 nitrogen and oxygen atoms in total. The number of imidazole rings is 1. The summed E-state index contributed by atoms with van der Waals surface area (Å²) < 4.78 is 15.1. The first-order valence-corrected chi connectivity index (χ1v) is 7.17. The van der Waals surface area contributed by atoms with E-state index in [0.29, 0.717) is 0 Å². The molecule has 3 heteroatoms. The number of halogens is 1. The molecule has 0 aliphatic carbocycles. The van der Waals surface area contributed by atoms with Crippen LogP contribution in [0.1, 0.15) is 18.3 Å². The van der Waals surface area contributed by atoms with Crippen molar-refractivity contribution in [3.8, 4) is 0 Å². The number of allylic oxidation sites excluding steroid dienone is 1. The minimum Gasteiger partial charge on any atom is -0.320 e. The van der Waals surface area contributed by atoms with Gasteiger partial charge in [-0.2, -0.15) is 0 Å². The summed E-state index contributed by atoms with van der Waals surface area (Å²) in [5.74, 6) is 0.639. The van der Waals surface area contributed by atoms with Gasteiger partial charge in [-0.3, -0.25) is 0 Å². The molecule has 2 aromatic carbocycles. The summed E-state index contributed by atoms with van der Waals surface area (Å²) in [6.07, 6.45) is 3.89. The number of para-hydroxylation sites is 2. The van der Waals surface area contributed by atoms with E-state index < -0.39 is 0 Å². The van der Waals surface area contributed by atoms with Gasteiger partial charge in [0.25, 0.3) is 0 Å². The topological polar surface area (TPSA) is 17.8 Å². The molecule has 0 atom stereocenters. The number of hydrogen-bond donors (Lipinski definition) is 0. The van der Waals surface area contributed by atoms with Gasteiger partial charge in [-0.05, 0) is 42.8 Å². The second-order valence-corrected chi connectivity index (χ2v) is 5.39. The van der Waals surface area contributed by atoms with Gasteiger partial charge in [-0.1, -0.05) is 42.5 Å². The SMILES string of the molecule is C=C(C)Cn1c(/C=C/c2ccc(F)cc2)nc2ccccc21. The van der Waals surface area contributed by atoms with Gasteiger partial charge in [0.1, 0.15) is 11.6 Å². The standard InChI is InChI=1S/C19H17FN2/c1-14(2)13-22-18-6-4-3-5-17(18)21-19(22)12-9-15-7-10-16(20)11-8-15/h3-12H,1,13H2,2H3/b12-9+. The van der Waals surface area contributed by atoms with Crippen LogP contribution in [0.2, 0.25) is 0 Å². The van der Waals surface area contributed by atoms with Crippen LogP contribution in [-0.2, 0) is 6.54 Å². The van der Waals surface area contributed by atoms with E-state index in [9.17, 15) is 4.39 Å². The number of hydrogen-bond acceptors (Lipinski definition) is 1. The third kappa shape index (κ3) is 2.98. The average Bonchev–Trinajstić information content (AvgIpc) is 2.84. The molecule has 0 N–H and O–H groups in total. The van der Waals surface area contributed by atoms with Gasteiger partial charge in [0.15, 0.2) is 0 Å². The third-order valence-electron chi connectivity index (χ3n) is 3.41. The van der Waals surface area contributed by atoms with Gasteiger partial charge in [-0.15, -0.1) is 0 Å². The Labute approximate surface area is 129 Å². The van der Waals surface area contributed by atoms with E-state index >= 15 is 0 Å². The molecule has 0 unspecified atom stereocenters. The number of nitrogens with zero attached hydrogens (tertiary/aromatic N) is 2. The Balaban J connectivity index is 2.01. The van der Waals surface area contributed by atoms with Gasteiger partial charge >= 0.3 is 0 Å². The molecule has 22 heavy (non-hydrogen) atoms. The van der Waals surface area contributed by atoms with Crippen molar-refractivity contribution in [2.75, 3.05) is 0 Å². The van der Waals surface area contributed by atoms with Crippen molar-refractivity contribution in [1.82, 2.24) is 9.55 Å². The third-order valence-corrected chi connectivity index (χ3v) is 3.41. The van der Waals surface area contributed by atoms with E-state index in [1.54, 1.807) is 12.1 Å². The lowest BCUT2D eigenvalue weighted by Crippen LogP contribution is -2.00. The molecule has 0 spiro atoms. The van der Waals surface area contributed by atoms with Gasteiger partial charge < -0.3 is 4.57 Å². The lowest BCUT2D eigenvalue weighted by Gasteiger charge is -2.06. The zero-order chi connectivity index (χ0) is 15.5. The van der Waals surface area contributed by atoms with Crippen molar-refractivity contribution in [2.45, 2.75) is 13.5 Å². The fourth-order valence-corrected chi connectivity index (χ4v) is 2.40. The Morgan fingerprint density at radius 3 is 2.59 bits per heavy atom. The average molecular weight is 292 g/mol. The minimum atomic E-state index is -0.230. The van der Waals surface area contributed by atoms with Gasteiger partial charge in [0.05, 0.1) is 11.0 Å². The van der Waals surface area contributed by atoms with Crippen LogP contribution in [-0.4, -0.2) is 9.55 Å². The van der Waals surface area contributed by atoms with Gasteiger partial charge in [-0.25, -0.2) is 9.37 Å². The second kappa shape index (κ2) is 5.98. The molecule has 3 aromatic rings. The molecule has 110 valence electrons. The Morgan fingerprint density at radius 2 is 1.86 bits per heavy atom. The minimum absolute atomic E-state index is 0.230. The van der Waals surface area contributed by atoms with Crippen molar-refractivity contribution in [3.05, 3.63) is 77.9 Å². The molecule has 0 radical (unpaired) electrons. The summed E-state index contributed by atoms with van der Waals surface area (Å²) in [6.45, 7) is 6.72. The van der Waals surface area contributed by atoms with Crippen LogP contribution in [0, 0.1) is 5.82 Å². The van der Waals surface area contributed by atoms with E-state index in [1.807, 2.05) is 37.3 Å². The van der Waals surface area contributed by atoms with Crippen LogP contribution in [0.15, 0.2) is 60.7 Å². The van der Waals surface area contributed by atoms with Crippen LogP contribution in [0.5, 0.6) is 0 Å². The Morgan fingerprint density at radius 1 is 1.14 bits per heavy atom. The molecule has 1 heterocycles. The molecule has 1 aromatic heterocycles.